The molecule has 0 rings (SSSR count). The molecule has 0 aromatic heterocycles. The number of hydrogen-bond donors (Lipinski definition) is 4. The van der Waals surface area contributed by atoms with Crippen LogP contribution in [0.5, 0.6) is 0 Å². The van der Waals surface area contributed by atoms with Gasteiger partial charge in [0.15, 0.2) is 0 Å². The van der Waals surface area contributed by atoms with Gasteiger partial charge in [-0.1, -0.05) is 0 Å². The fourth-order valence-corrected chi connectivity index (χ4v) is 0. The van der Waals surface area contributed by atoms with Gasteiger partial charge in [-0.25, -0.2) is 0 Å². The fraction of sp³-hybridized carbons (Fsp3) is 0. The largest absolute Gasteiger partial charge is 0.412 e. The maximum absolute atomic E-state index is 8.74. The van der Waals surface area contributed by atoms with Crippen molar-refractivity contribution in [2.75, 3.05) is 0 Å². The van der Waals surface area contributed by atoms with Gasteiger partial charge in [0.1, 0.15) is 0 Å². The van der Waals surface area contributed by atoms with Gasteiger partial charge >= 0.3 is 20.8 Å². The summed E-state index contributed by atoms with van der Waals surface area (Å²) >= 11 is 0. The molecule has 0 aliphatic rings. The van der Waals surface area contributed by atoms with Gasteiger partial charge in [-0.15, -0.1) is 0 Å². The molecule has 0 aliphatic carbocycles. The third kappa shape index (κ3) is 329000. The van der Waals surface area contributed by atoms with Crippen molar-refractivity contribution in [1.29, 1.82) is 0 Å². The lowest BCUT2D eigenvalue weighted by molar-refractivity contribution is 0.378. The molecule has 0 radical (unpaired) electrons. The molecule has 0 amide bonds. The van der Waals surface area contributed by atoms with Crippen molar-refractivity contribution in [1.82, 2.24) is 0 Å². The Balaban J connectivity index is -0.0000000457. The minimum Gasteiger partial charge on any atom is -0.412 e. The van der Waals surface area contributed by atoms with E-state index in [1.807, 2.05) is 0 Å². The first-order valence-corrected chi connectivity index (χ1v) is 4.19. The highest BCUT2D eigenvalue weighted by molar-refractivity contribution is 7.80. The molecule has 80 valence electrons. The SMILES string of the molecule is O.O=S(=O)(O)O.O=S(=O)(O)O.S. The maximum atomic E-state index is 8.74. The monoisotopic (exact) mass is 248 g/mol. The Morgan fingerprint density at radius 1 is 0.667 bits per heavy atom. The van der Waals surface area contributed by atoms with E-state index in [0.29, 0.717) is 0 Å². The Bertz CT molecular complexity index is 206. The van der Waals surface area contributed by atoms with Crippen molar-refractivity contribution in [2.24, 2.45) is 0 Å². The van der Waals surface area contributed by atoms with Crippen molar-refractivity contribution in [3.63, 3.8) is 0 Å². The summed E-state index contributed by atoms with van der Waals surface area (Å²) in [7, 11) is -9.33. The molecule has 0 atom stereocenters. The third-order valence-corrected chi connectivity index (χ3v) is 0. The van der Waals surface area contributed by atoms with Gasteiger partial charge in [0.2, 0.25) is 0 Å². The Morgan fingerprint density at radius 2 is 0.667 bits per heavy atom. The summed E-state index contributed by atoms with van der Waals surface area (Å²) < 4.78 is 63.2. The minimum atomic E-state index is -4.67. The molecule has 0 spiro atoms. The van der Waals surface area contributed by atoms with Gasteiger partial charge in [0, 0.05) is 0 Å². The predicted octanol–water partition coefficient (Wildman–Crippen LogP) is -2.02. The van der Waals surface area contributed by atoms with E-state index in [0.717, 1.165) is 0 Å². The highest BCUT2D eigenvalue weighted by Crippen LogP contribution is 1.59. The summed E-state index contributed by atoms with van der Waals surface area (Å²) in [5, 5.41) is 0. The van der Waals surface area contributed by atoms with Crippen LogP contribution in [0.15, 0.2) is 0 Å². The van der Waals surface area contributed by atoms with E-state index in [-0.39, 0.29) is 19.0 Å². The predicted molar refractivity (Wildman–Crippen MR) is 42.3 cm³/mol. The number of hydrogen-bond acceptors (Lipinski definition) is 4. The topological polar surface area (TPSA) is 181 Å². The summed E-state index contributed by atoms with van der Waals surface area (Å²) in [6, 6.07) is 0. The molecule has 0 fully saturated rings. The van der Waals surface area contributed by atoms with Gasteiger partial charge in [0.05, 0.1) is 0 Å². The standard InChI is InChI=1S/2H2O4S.H2O.H2S/c2*1-5(2,3)4;;/h2*(H2,1,2,3,4);2*1H2. The van der Waals surface area contributed by atoms with E-state index in [2.05, 4.69) is 0 Å². The van der Waals surface area contributed by atoms with E-state index in [1.165, 1.54) is 0 Å². The zero-order valence-corrected chi connectivity index (χ0v) is 7.87. The van der Waals surface area contributed by atoms with Crippen molar-refractivity contribution < 1.29 is 40.5 Å². The highest BCUT2D eigenvalue weighted by atomic mass is 32.3. The summed E-state index contributed by atoms with van der Waals surface area (Å²) in [4.78, 5) is 0. The third-order valence-electron chi connectivity index (χ3n) is 0. The normalized spacial score (nSPS) is 9.67. The second kappa shape index (κ2) is 7.69. The van der Waals surface area contributed by atoms with Crippen molar-refractivity contribution >= 4 is 34.3 Å². The first kappa shape index (κ1) is 22.7. The maximum Gasteiger partial charge on any atom is 0.394 e. The van der Waals surface area contributed by atoms with Crippen LogP contribution in [0.2, 0.25) is 0 Å². The van der Waals surface area contributed by atoms with Crippen LogP contribution in [-0.4, -0.2) is 40.5 Å². The first-order valence-electron chi connectivity index (χ1n) is 1.40. The lowest BCUT2D eigenvalue weighted by Gasteiger charge is -1.68. The van der Waals surface area contributed by atoms with Gasteiger partial charge in [-0.2, -0.15) is 30.3 Å². The van der Waals surface area contributed by atoms with Gasteiger partial charge in [-0.05, 0) is 0 Å². The average molecular weight is 248 g/mol. The van der Waals surface area contributed by atoms with Crippen LogP contribution in [0.25, 0.3) is 0 Å². The molecular weight excluding hydrogens is 240 g/mol. The highest BCUT2D eigenvalue weighted by Gasteiger charge is 1.85. The van der Waals surface area contributed by atoms with Gasteiger partial charge in [-0.3, -0.25) is 18.2 Å². The molecule has 12 heteroatoms. The molecule has 6 N–H and O–H groups in total. The summed E-state index contributed by atoms with van der Waals surface area (Å²) in [5.74, 6) is 0. The molecule has 0 aliphatic heterocycles. The van der Waals surface area contributed by atoms with Crippen molar-refractivity contribution in [2.45, 2.75) is 0 Å². The molecule has 0 unspecified atom stereocenters. The summed E-state index contributed by atoms with van der Waals surface area (Å²) in [6.07, 6.45) is 0. The molecule has 9 nitrogen and oxygen atoms in total. The smallest absolute Gasteiger partial charge is 0.394 e. The van der Waals surface area contributed by atoms with Crippen LogP contribution in [-0.2, 0) is 20.8 Å². The van der Waals surface area contributed by atoms with Crippen LogP contribution in [0.3, 0.4) is 0 Å². The van der Waals surface area contributed by atoms with Crippen LogP contribution >= 0.6 is 13.5 Å². The van der Waals surface area contributed by atoms with E-state index < -0.39 is 20.8 Å². The van der Waals surface area contributed by atoms with E-state index >= 15 is 0 Å². The van der Waals surface area contributed by atoms with Crippen LogP contribution < -0.4 is 0 Å². The first-order chi connectivity index (χ1) is 4.00. The lowest BCUT2D eigenvalue weighted by Crippen LogP contribution is -1.89. The summed E-state index contributed by atoms with van der Waals surface area (Å²) in [5.41, 5.74) is 0. The zero-order valence-electron chi connectivity index (χ0n) is 5.24. The molecule has 0 bridgehead atoms. The van der Waals surface area contributed by atoms with E-state index in [9.17, 15) is 0 Å². The van der Waals surface area contributed by atoms with Crippen molar-refractivity contribution in [3.8, 4) is 0 Å². The van der Waals surface area contributed by atoms with Crippen LogP contribution in [0.4, 0.5) is 0 Å². The Hall–Kier alpha value is 0.0500. The fourth-order valence-electron chi connectivity index (χ4n) is 0. The zero-order chi connectivity index (χ0) is 9.00. The second-order valence-electron chi connectivity index (χ2n) is 0.896. The average Bonchev–Trinajstić information content (AvgIpc) is 1.12. The summed E-state index contributed by atoms with van der Waals surface area (Å²) in [6.45, 7) is 0. The van der Waals surface area contributed by atoms with E-state index in [1.54, 1.807) is 0 Å². The molecular formula is H8O9S3. The molecule has 0 aromatic rings. The lowest BCUT2D eigenvalue weighted by atomic mass is 15.8. The molecule has 0 saturated heterocycles. The van der Waals surface area contributed by atoms with Crippen LogP contribution in [0.1, 0.15) is 0 Å². The molecule has 0 saturated carbocycles. The van der Waals surface area contributed by atoms with Crippen molar-refractivity contribution in [3.05, 3.63) is 0 Å². The van der Waals surface area contributed by atoms with E-state index in [4.69, 9.17) is 35.0 Å². The number of rotatable bonds is 0. The molecule has 0 heterocycles. The minimum absolute atomic E-state index is 0. The van der Waals surface area contributed by atoms with Crippen LogP contribution in [0, 0.1) is 0 Å². The molecule has 12 heavy (non-hydrogen) atoms. The second-order valence-corrected chi connectivity index (χ2v) is 2.69. The Morgan fingerprint density at radius 3 is 0.667 bits per heavy atom. The quantitative estimate of drug-likeness (QED) is 0.354. The van der Waals surface area contributed by atoms with Gasteiger partial charge in [0.25, 0.3) is 0 Å². The van der Waals surface area contributed by atoms with Gasteiger partial charge < -0.3 is 5.48 Å². The molecule has 0 aromatic carbocycles. The Labute approximate surface area is 75.3 Å². The Kier molecular flexibility index (Phi) is 14.5.